The zero-order chi connectivity index (χ0) is 23.5. The molecule has 34 heavy (non-hydrogen) atoms. The number of H-pyrrole nitrogens is 1. The highest BCUT2D eigenvalue weighted by molar-refractivity contribution is 6.01. The molecule has 3 aromatic heterocycles. The van der Waals surface area contributed by atoms with Crippen molar-refractivity contribution in [1.29, 1.82) is 5.26 Å². The van der Waals surface area contributed by atoms with E-state index in [4.69, 9.17) is 5.10 Å². The van der Waals surface area contributed by atoms with Crippen LogP contribution in [-0.4, -0.2) is 25.8 Å². The lowest BCUT2D eigenvalue weighted by molar-refractivity contribution is 0.262. The van der Waals surface area contributed by atoms with Gasteiger partial charge in [-0.25, -0.2) is 9.78 Å². The molecule has 2 aromatic carbocycles. The highest BCUT2D eigenvalue weighted by Crippen LogP contribution is 2.35. The lowest BCUT2D eigenvalue weighted by Gasteiger charge is -2.09. The van der Waals surface area contributed by atoms with Gasteiger partial charge in [-0.1, -0.05) is 24.3 Å². The van der Waals surface area contributed by atoms with Gasteiger partial charge < -0.3 is 15.6 Å². The number of amides is 2. The van der Waals surface area contributed by atoms with Gasteiger partial charge in [-0.3, -0.25) is 4.68 Å². The number of benzene rings is 2. The van der Waals surface area contributed by atoms with Crippen LogP contribution in [0.1, 0.15) is 12.5 Å². The average Bonchev–Trinajstić information content (AvgIpc) is 3.52. The van der Waals surface area contributed by atoms with E-state index in [0.29, 0.717) is 16.9 Å². The summed E-state index contributed by atoms with van der Waals surface area (Å²) in [6.07, 6.45) is 5.71. The molecule has 0 saturated carbocycles. The van der Waals surface area contributed by atoms with E-state index in [2.05, 4.69) is 33.6 Å². The van der Waals surface area contributed by atoms with Crippen molar-refractivity contribution >= 4 is 28.4 Å². The number of hydrogen-bond donors (Lipinski definition) is 3. The number of carbonyl (C=O) groups is 1. The van der Waals surface area contributed by atoms with Gasteiger partial charge in [0, 0.05) is 47.3 Å². The Morgan fingerprint density at radius 3 is 2.68 bits per heavy atom. The van der Waals surface area contributed by atoms with Crippen LogP contribution >= 0.6 is 0 Å². The van der Waals surface area contributed by atoms with Crippen molar-refractivity contribution in [2.75, 3.05) is 10.6 Å². The largest absolute Gasteiger partial charge is 0.346 e. The Balaban J connectivity index is 1.41. The summed E-state index contributed by atoms with van der Waals surface area (Å²) in [5, 5.41) is 20.5. The quantitative estimate of drug-likeness (QED) is 0.324. The summed E-state index contributed by atoms with van der Waals surface area (Å²) < 4.78 is 1.91. The lowest BCUT2D eigenvalue weighted by Crippen LogP contribution is -2.19. The molecule has 0 spiro atoms. The number of carbonyl (C=O) groups excluding carboxylic acids is 1. The Morgan fingerprint density at radius 2 is 1.88 bits per heavy atom. The number of nitrogens with zero attached hydrogens (tertiary/aromatic N) is 4. The molecule has 8 heteroatoms. The van der Waals surface area contributed by atoms with E-state index in [9.17, 15) is 10.1 Å². The molecule has 0 radical (unpaired) electrons. The number of urea groups is 1. The summed E-state index contributed by atoms with van der Waals surface area (Å²) in [4.78, 5) is 20.0. The third kappa shape index (κ3) is 3.98. The van der Waals surface area contributed by atoms with Crippen LogP contribution in [-0.2, 0) is 6.54 Å². The molecule has 166 valence electrons. The van der Waals surface area contributed by atoms with Gasteiger partial charge in [-0.2, -0.15) is 10.4 Å². The monoisotopic (exact) mass is 447 g/mol. The van der Waals surface area contributed by atoms with Crippen LogP contribution in [0.5, 0.6) is 0 Å². The fraction of sp³-hybridized carbons (Fsp3) is 0.0769. The van der Waals surface area contributed by atoms with Crippen molar-refractivity contribution in [1.82, 2.24) is 19.7 Å². The highest BCUT2D eigenvalue weighted by Gasteiger charge is 2.16. The van der Waals surface area contributed by atoms with Crippen molar-refractivity contribution in [3.05, 3.63) is 84.8 Å². The van der Waals surface area contributed by atoms with Crippen molar-refractivity contribution in [2.45, 2.75) is 13.5 Å². The van der Waals surface area contributed by atoms with Gasteiger partial charge in [0.15, 0.2) is 0 Å². The van der Waals surface area contributed by atoms with Gasteiger partial charge >= 0.3 is 6.03 Å². The summed E-state index contributed by atoms with van der Waals surface area (Å²) in [5.41, 5.74) is 6.18. The van der Waals surface area contributed by atoms with Crippen molar-refractivity contribution in [2.24, 2.45) is 0 Å². The Morgan fingerprint density at radius 1 is 1.06 bits per heavy atom. The van der Waals surface area contributed by atoms with E-state index < -0.39 is 6.03 Å². The molecule has 0 aliphatic carbocycles. The molecule has 0 aliphatic rings. The molecule has 0 bridgehead atoms. The zero-order valence-corrected chi connectivity index (χ0v) is 18.4. The van der Waals surface area contributed by atoms with Crippen molar-refractivity contribution < 1.29 is 4.79 Å². The molecule has 0 unspecified atom stereocenters. The number of aromatic nitrogens is 4. The third-order valence-corrected chi connectivity index (χ3v) is 5.55. The van der Waals surface area contributed by atoms with Gasteiger partial charge in [0.2, 0.25) is 0 Å². The van der Waals surface area contributed by atoms with E-state index in [1.165, 1.54) is 0 Å². The van der Waals surface area contributed by atoms with Gasteiger partial charge in [0.25, 0.3) is 0 Å². The van der Waals surface area contributed by atoms with Crippen LogP contribution in [0.25, 0.3) is 33.4 Å². The number of fused-ring (bicyclic) bond motifs is 1. The molecule has 5 rings (SSSR count). The van der Waals surface area contributed by atoms with E-state index in [-0.39, 0.29) is 0 Å². The summed E-state index contributed by atoms with van der Waals surface area (Å²) in [6.45, 7) is 2.80. The molecule has 0 aliphatic heterocycles. The lowest BCUT2D eigenvalue weighted by atomic mass is 10.0. The Hall–Kier alpha value is -4.90. The van der Waals surface area contributed by atoms with Gasteiger partial charge in [0.1, 0.15) is 17.4 Å². The first-order chi connectivity index (χ1) is 16.7. The maximum atomic E-state index is 12.4. The first-order valence-corrected chi connectivity index (χ1v) is 10.8. The average molecular weight is 448 g/mol. The normalized spacial score (nSPS) is 10.7. The predicted molar refractivity (Wildman–Crippen MR) is 132 cm³/mol. The van der Waals surface area contributed by atoms with Crippen LogP contribution in [0.2, 0.25) is 0 Å². The van der Waals surface area contributed by atoms with Crippen LogP contribution in [0, 0.1) is 11.3 Å². The molecule has 3 N–H and O–H groups in total. The fourth-order valence-corrected chi connectivity index (χ4v) is 3.88. The second-order valence-electron chi connectivity index (χ2n) is 7.66. The molecule has 3 heterocycles. The van der Waals surface area contributed by atoms with Crippen LogP contribution in [0.4, 0.5) is 16.2 Å². The fourth-order valence-electron chi connectivity index (χ4n) is 3.88. The predicted octanol–water partition coefficient (Wildman–Crippen LogP) is 5.63. The minimum Gasteiger partial charge on any atom is -0.346 e. The molecule has 0 fully saturated rings. The number of nitrogens with one attached hydrogen (secondary N) is 3. The summed E-state index contributed by atoms with van der Waals surface area (Å²) in [6, 6.07) is 20.0. The van der Waals surface area contributed by atoms with E-state index in [1.807, 2.05) is 53.5 Å². The van der Waals surface area contributed by atoms with E-state index in [0.717, 1.165) is 40.0 Å². The molecule has 5 aromatic rings. The molecule has 8 nitrogen and oxygen atoms in total. The first-order valence-electron chi connectivity index (χ1n) is 10.8. The smallest absolute Gasteiger partial charge is 0.323 e. The highest BCUT2D eigenvalue weighted by atomic mass is 16.2. The third-order valence-electron chi connectivity index (χ3n) is 5.55. The molecule has 0 saturated heterocycles. The molecule has 2 amide bonds. The Kier molecular flexibility index (Phi) is 5.50. The summed E-state index contributed by atoms with van der Waals surface area (Å²) >= 11 is 0. The van der Waals surface area contributed by atoms with Gasteiger partial charge in [-0.15, -0.1) is 0 Å². The van der Waals surface area contributed by atoms with Gasteiger partial charge in [0.05, 0.1) is 11.3 Å². The molecule has 0 atom stereocenters. The number of pyridine rings is 1. The number of aromatic amines is 1. The minimum absolute atomic E-state index is 0.402. The topological polar surface area (TPSA) is 111 Å². The number of rotatable bonds is 5. The molecular formula is C26H21N7O. The number of anilines is 2. The summed E-state index contributed by atoms with van der Waals surface area (Å²) in [7, 11) is 0. The summed E-state index contributed by atoms with van der Waals surface area (Å²) in [5.74, 6) is 0. The van der Waals surface area contributed by atoms with Crippen molar-refractivity contribution in [3.63, 3.8) is 0 Å². The standard InChI is InChI=1S/C26H21N7O/c1-2-33-16-22(20-11-13-28-25-21(20)12-14-29-25)24(32-33)17-7-9-19(10-8-17)30-26(34)31-23-6-4-3-5-18(23)15-27/h3-14,16H,2H2,1H3,(H,28,29)(H2,30,31,34). The van der Waals surface area contributed by atoms with Crippen molar-refractivity contribution in [3.8, 4) is 28.5 Å². The second-order valence-corrected chi connectivity index (χ2v) is 7.66. The maximum absolute atomic E-state index is 12.4. The Labute approximate surface area is 195 Å². The first kappa shape index (κ1) is 21.0. The van der Waals surface area contributed by atoms with Crippen LogP contribution < -0.4 is 10.6 Å². The Bertz CT molecular complexity index is 1520. The number of hydrogen-bond acceptors (Lipinski definition) is 4. The maximum Gasteiger partial charge on any atom is 0.323 e. The number of para-hydroxylation sites is 1. The van der Waals surface area contributed by atoms with E-state index in [1.54, 1.807) is 30.5 Å². The molecular weight excluding hydrogens is 426 g/mol. The second kappa shape index (κ2) is 8.92. The SMILES string of the molecule is CCn1cc(-c2ccnc3[nH]ccc23)c(-c2ccc(NC(=O)Nc3ccccc3C#N)cc2)n1. The van der Waals surface area contributed by atoms with Crippen LogP contribution in [0.3, 0.4) is 0 Å². The minimum atomic E-state index is -0.418. The van der Waals surface area contributed by atoms with Gasteiger partial charge in [-0.05, 0) is 48.9 Å². The number of nitriles is 1. The number of aryl methyl sites for hydroxylation is 1. The zero-order valence-electron chi connectivity index (χ0n) is 18.4. The van der Waals surface area contributed by atoms with E-state index >= 15 is 0 Å². The van der Waals surface area contributed by atoms with Crippen LogP contribution in [0.15, 0.2) is 79.3 Å².